The van der Waals surface area contributed by atoms with Crippen LogP contribution in [0.1, 0.15) is 0 Å². The number of hydrogen-bond acceptors (Lipinski definition) is 5. The fourth-order valence-electron chi connectivity index (χ4n) is 1.59. The molecule has 0 aliphatic heterocycles. The number of nitrogens with one attached hydrogen (secondary N) is 2. The molecule has 2 rings (SSSR count). The minimum Gasteiger partial charge on any atom is -0.495 e. The van der Waals surface area contributed by atoms with Gasteiger partial charge in [0.1, 0.15) is 23.7 Å². The number of hydrogen-bond donors (Lipinski definition) is 2. The second-order valence-corrected chi connectivity index (χ2v) is 4.34. The Balaban J connectivity index is 2.13. The maximum absolute atomic E-state index is 6.07. The van der Waals surface area contributed by atoms with Crippen LogP contribution in [0.15, 0.2) is 43.2 Å². The topological polar surface area (TPSA) is 59.1 Å². The lowest BCUT2D eigenvalue weighted by molar-refractivity contribution is 0.415. The van der Waals surface area contributed by atoms with Crippen LogP contribution in [0.2, 0.25) is 5.02 Å². The fourth-order valence-corrected chi connectivity index (χ4v) is 1.85. The summed E-state index contributed by atoms with van der Waals surface area (Å²) in [5.74, 6) is 2.03. The van der Waals surface area contributed by atoms with E-state index in [9.17, 15) is 0 Å². The fraction of sp³-hybridized carbons (Fsp3) is 0.143. The maximum Gasteiger partial charge on any atom is 0.137 e. The first kappa shape index (κ1) is 14.1. The summed E-state index contributed by atoms with van der Waals surface area (Å²) in [6.45, 7) is 4.29. The van der Waals surface area contributed by atoms with E-state index in [0.29, 0.717) is 23.1 Å². The van der Waals surface area contributed by atoms with Crippen LogP contribution in [-0.2, 0) is 0 Å². The third kappa shape index (κ3) is 3.61. The predicted molar refractivity (Wildman–Crippen MR) is 82.0 cm³/mol. The Bertz CT molecular complexity index is 603. The van der Waals surface area contributed by atoms with E-state index in [4.69, 9.17) is 16.3 Å². The maximum atomic E-state index is 6.07. The number of methoxy groups -OCH3 is 1. The number of nitrogens with zero attached hydrogens (tertiary/aromatic N) is 2. The quantitative estimate of drug-likeness (QED) is 0.798. The number of benzene rings is 1. The summed E-state index contributed by atoms with van der Waals surface area (Å²) in [5.41, 5.74) is 0.823. The Morgan fingerprint density at radius 3 is 2.80 bits per heavy atom. The number of aromatic nitrogens is 2. The summed E-state index contributed by atoms with van der Waals surface area (Å²) in [7, 11) is 1.58. The van der Waals surface area contributed by atoms with Gasteiger partial charge in [-0.1, -0.05) is 17.7 Å². The molecular formula is C14H15ClN4O. The van der Waals surface area contributed by atoms with Crippen LogP contribution in [0.5, 0.6) is 5.75 Å². The molecule has 2 aromatic rings. The molecule has 0 fully saturated rings. The average Bonchev–Trinajstić information content (AvgIpc) is 2.46. The van der Waals surface area contributed by atoms with E-state index in [1.54, 1.807) is 25.3 Å². The van der Waals surface area contributed by atoms with Crippen molar-refractivity contribution in [1.82, 2.24) is 9.97 Å². The van der Waals surface area contributed by atoms with Crippen molar-refractivity contribution < 1.29 is 4.74 Å². The van der Waals surface area contributed by atoms with Crippen molar-refractivity contribution in [2.75, 3.05) is 24.3 Å². The van der Waals surface area contributed by atoms with Gasteiger partial charge in [-0.3, -0.25) is 0 Å². The summed E-state index contributed by atoms with van der Waals surface area (Å²) < 4.78 is 5.11. The first-order valence-electron chi connectivity index (χ1n) is 6.00. The van der Waals surface area contributed by atoms with Crippen molar-refractivity contribution in [3.8, 4) is 5.75 Å². The van der Waals surface area contributed by atoms with Gasteiger partial charge in [-0.05, 0) is 18.2 Å². The van der Waals surface area contributed by atoms with E-state index in [2.05, 4.69) is 27.2 Å². The van der Waals surface area contributed by atoms with E-state index in [1.807, 2.05) is 12.1 Å². The standard InChI is InChI=1S/C14H15ClN4O/c1-3-6-16-13-8-14(18-9-17-13)19-10-4-5-12(20-2)11(15)7-10/h3-5,7-9H,1,6H2,2H3,(H2,16,17,18,19). The predicted octanol–water partition coefficient (Wildman–Crippen LogP) is 3.48. The Morgan fingerprint density at radius 2 is 2.10 bits per heavy atom. The molecule has 104 valence electrons. The minimum atomic E-state index is 0.538. The number of rotatable bonds is 6. The second-order valence-electron chi connectivity index (χ2n) is 3.93. The Labute approximate surface area is 122 Å². The smallest absolute Gasteiger partial charge is 0.137 e. The van der Waals surface area contributed by atoms with Crippen molar-refractivity contribution in [2.24, 2.45) is 0 Å². The number of anilines is 3. The largest absolute Gasteiger partial charge is 0.495 e. The Hall–Kier alpha value is -2.27. The van der Waals surface area contributed by atoms with Crippen molar-refractivity contribution in [2.45, 2.75) is 0 Å². The van der Waals surface area contributed by atoms with E-state index in [-0.39, 0.29) is 0 Å². The first-order chi connectivity index (χ1) is 9.72. The van der Waals surface area contributed by atoms with E-state index >= 15 is 0 Å². The summed E-state index contributed by atoms with van der Waals surface area (Å²) in [5, 5.41) is 6.79. The molecule has 2 N–H and O–H groups in total. The van der Waals surface area contributed by atoms with Gasteiger partial charge in [0.15, 0.2) is 0 Å². The third-order valence-electron chi connectivity index (χ3n) is 2.52. The number of halogens is 1. The summed E-state index contributed by atoms with van der Waals surface area (Å²) in [6.07, 6.45) is 3.25. The molecule has 0 saturated heterocycles. The second kappa shape index (κ2) is 6.77. The van der Waals surface area contributed by atoms with Gasteiger partial charge in [0.05, 0.1) is 12.1 Å². The molecule has 0 aliphatic rings. The van der Waals surface area contributed by atoms with Crippen LogP contribution in [-0.4, -0.2) is 23.6 Å². The van der Waals surface area contributed by atoms with Crippen molar-refractivity contribution >= 4 is 28.9 Å². The summed E-state index contributed by atoms with van der Waals surface area (Å²) in [4.78, 5) is 8.26. The van der Waals surface area contributed by atoms with E-state index < -0.39 is 0 Å². The lowest BCUT2D eigenvalue weighted by atomic mass is 10.3. The van der Waals surface area contributed by atoms with Crippen LogP contribution in [0.25, 0.3) is 0 Å². The van der Waals surface area contributed by atoms with Crippen LogP contribution in [0.3, 0.4) is 0 Å². The monoisotopic (exact) mass is 290 g/mol. The normalized spacial score (nSPS) is 9.90. The molecule has 5 nitrogen and oxygen atoms in total. The summed E-state index contributed by atoms with van der Waals surface area (Å²) >= 11 is 6.07. The lowest BCUT2D eigenvalue weighted by Gasteiger charge is -2.09. The van der Waals surface area contributed by atoms with Crippen LogP contribution >= 0.6 is 11.6 Å². The molecule has 1 aromatic carbocycles. The highest BCUT2D eigenvalue weighted by Gasteiger charge is 2.03. The number of ether oxygens (including phenoxy) is 1. The molecule has 0 radical (unpaired) electrons. The van der Waals surface area contributed by atoms with Crippen molar-refractivity contribution in [3.63, 3.8) is 0 Å². The molecule has 0 atom stereocenters. The molecule has 0 amide bonds. The zero-order valence-electron chi connectivity index (χ0n) is 11.1. The van der Waals surface area contributed by atoms with Gasteiger partial charge in [0.25, 0.3) is 0 Å². The molecule has 0 bridgehead atoms. The van der Waals surface area contributed by atoms with E-state index in [0.717, 1.165) is 11.5 Å². The molecule has 1 aromatic heterocycles. The first-order valence-corrected chi connectivity index (χ1v) is 6.38. The zero-order chi connectivity index (χ0) is 14.4. The highest BCUT2D eigenvalue weighted by atomic mass is 35.5. The molecular weight excluding hydrogens is 276 g/mol. The van der Waals surface area contributed by atoms with Gasteiger partial charge < -0.3 is 15.4 Å². The lowest BCUT2D eigenvalue weighted by Crippen LogP contribution is -2.02. The van der Waals surface area contributed by atoms with Gasteiger partial charge in [0, 0.05) is 18.3 Å². The molecule has 0 saturated carbocycles. The van der Waals surface area contributed by atoms with Gasteiger partial charge >= 0.3 is 0 Å². The highest BCUT2D eigenvalue weighted by molar-refractivity contribution is 6.32. The summed E-state index contributed by atoms with van der Waals surface area (Å²) in [6, 6.07) is 7.24. The van der Waals surface area contributed by atoms with Gasteiger partial charge in [0.2, 0.25) is 0 Å². The van der Waals surface area contributed by atoms with E-state index in [1.165, 1.54) is 6.33 Å². The van der Waals surface area contributed by atoms with Gasteiger partial charge in [-0.25, -0.2) is 9.97 Å². The molecule has 0 aliphatic carbocycles. The Morgan fingerprint density at radius 1 is 1.30 bits per heavy atom. The average molecular weight is 291 g/mol. The molecule has 20 heavy (non-hydrogen) atoms. The molecule has 0 spiro atoms. The SMILES string of the molecule is C=CCNc1cc(Nc2ccc(OC)c(Cl)c2)ncn1. The van der Waals surface area contributed by atoms with Crippen molar-refractivity contribution in [3.05, 3.63) is 48.3 Å². The van der Waals surface area contributed by atoms with Gasteiger partial charge in [-0.15, -0.1) is 6.58 Å². The van der Waals surface area contributed by atoms with Crippen LogP contribution < -0.4 is 15.4 Å². The minimum absolute atomic E-state index is 0.538. The van der Waals surface area contributed by atoms with Crippen LogP contribution in [0, 0.1) is 0 Å². The molecule has 1 heterocycles. The van der Waals surface area contributed by atoms with Gasteiger partial charge in [-0.2, -0.15) is 0 Å². The highest BCUT2D eigenvalue weighted by Crippen LogP contribution is 2.28. The molecule has 6 heteroatoms. The zero-order valence-corrected chi connectivity index (χ0v) is 11.8. The molecule has 0 unspecified atom stereocenters. The van der Waals surface area contributed by atoms with Crippen molar-refractivity contribution in [1.29, 1.82) is 0 Å². The van der Waals surface area contributed by atoms with Crippen LogP contribution in [0.4, 0.5) is 17.3 Å². The third-order valence-corrected chi connectivity index (χ3v) is 2.81. The Kier molecular flexibility index (Phi) is 4.79.